The third-order valence-corrected chi connectivity index (χ3v) is 3.24. The van der Waals surface area contributed by atoms with Gasteiger partial charge in [-0.1, -0.05) is 0 Å². The summed E-state index contributed by atoms with van der Waals surface area (Å²) in [6, 6.07) is 4.66. The molecule has 0 bridgehead atoms. The number of halogens is 3. The predicted molar refractivity (Wildman–Crippen MR) is 69.3 cm³/mol. The molecule has 2 aromatic rings. The maximum Gasteiger partial charge on any atom is 0.417 e. The highest BCUT2D eigenvalue weighted by Crippen LogP contribution is 2.31. The number of aryl methyl sites for hydroxylation is 1. The largest absolute Gasteiger partial charge is 0.417 e. The van der Waals surface area contributed by atoms with Crippen LogP contribution in [0.2, 0.25) is 0 Å². The summed E-state index contributed by atoms with van der Waals surface area (Å²) in [6.07, 6.45) is -0.352. The lowest BCUT2D eigenvalue weighted by molar-refractivity contribution is -0.137. The lowest BCUT2D eigenvalue weighted by Crippen LogP contribution is -2.13. The molecule has 2 aromatic heterocycles. The fourth-order valence-corrected chi connectivity index (χ4v) is 2.23. The first-order valence-corrected chi connectivity index (χ1v) is 6.30. The van der Waals surface area contributed by atoms with E-state index in [9.17, 15) is 13.2 Å². The molecule has 0 aliphatic carbocycles. The smallest absolute Gasteiger partial charge is 0.384 e. The van der Waals surface area contributed by atoms with Gasteiger partial charge >= 0.3 is 6.18 Å². The van der Waals surface area contributed by atoms with Crippen LogP contribution in [0.3, 0.4) is 0 Å². The average molecular weight is 279 g/mol. The maximum atomic E-state index is 12.7. The minimum atomic E-state index is -4.39. The second kappa shape index (κ2) is 4.77. The van der Waals surface area contributed by atoms with Gasteiger partial charge < -0.3 is 5.32 Å². The zero-order chi connectivity index (χ0) is 14.2. The van der Waals surface area contributed by atoms with Crippen molar-refractivity contribution in [1.82, 2.24) is 9.97 Å². The predicted octanol–water partition coefficient (Wildman–Crippen LogP) is 3.52. The van der Waals surface area contributed by atoms with Crippen LogP contribution >= 0.6 is 0 Å². The summed E-state index contributed by atoms with van der Waals surface area (Å²) in [6.45, 7) is 0.902. The van der Waals surface area contributed by atoms with Crippen LogP contribution in [0.5, 0.6) is 0 Å². The van der Waals surface area contributed by atoms with E-state index in [1.165, 1.54) is 6.20 Å². The summed E-state index contributed by atoms with van der Waals surface area (Å²) in [4.78, 5) is 8.10. The fourth-order valence-electron chi connectivity index (χ4n) is 2.23. The normalized spacial score (nSPS) is 14.6. The van der Waals surface area contributed by atoms with Gasteiger partial charge in [0.25, 0.3) is 0 Å². The third-order valence-electron chi connectivity index (χ3n) is 3.24. The van der Waals surface area contributed by atoms with E-state index in [2.05, 4.69) is 15.3 Å². The van der Waals surface area contributed by atoms with Crippen LogP contribution in [0.4, 0.5) is 18.9 Å². The maximum absolute atomic E-state index is 12.7. The van der Waals surface area contributed by atoms with Gasteiger partial charge in [-0.05, 0) is 31.0 Å². The Kier molecular flexibility index (Phi) is 3.08. The van der Waals surface area contributed by atoms with Crippen LogP contribution < -0.4 is 5.32 Å². The summed E-state index contributed by atoms with van der Waals surface area (Å²) in [5.74, 6) is 0. The van der Waals surface area contributed by atoms with Crippen molar-refractivity contribution in [2.45, 2.75) is 19.0 Å². The van der Waals surface area contributed by atoms with Crippen molar-refractivity contribution in [1.29, 1.82) is 0 Å². The summed E-state index contributed by atoms with van der Waals surface area (Å²) in [7, 11) is 0. The molecule has 0 saturated heterocycles. The van der Waals surface area contributed by atoms with Crippen LogP contribution in [0.15, 0.2) is 30.6 Å². The van der Waals surface area contributed by atoms with E-state index in [0.29, 0.717) is 11.3 Å². The molecule has 0 spiro atoms. The molecule has 0 radical (unpaired) electrons. The molecule has 0 unspecified atom stereocenters. The van der Waals surface area contributed by atoms with E-state index in [-0.39, 0.29) is 0 Å². The second-order valence-corrected chi connectivity index (χ2v) is 4.68. The summed E-state index contributed by atoms with van der Waals surface area (Å²) >= 11 is 0. The van der Waals surface area contributed by atoms with Gasteiger partial charge in [-0.2, -0.15) is 13.2 Å². The molecule has 0 atom stereocenters. The van der Waals surface area contributed by atoms with Crippen molar-refractivity contribution < 1.29 is 13.2 Å². The molecule has 0 aromatic carbocycles. The van der Waals surface area contributed by atoms with Crippen molar-refractivity contribution in [3.05, 3.63) is 41.9 Å². The Labute approximate surface area is 113 Å². The Balaban J connectivity index is 2.01. The standard InChI is InChI=1S/C14H12F3N3/c15-14(16,17)10-6-9(7-18-8-10)11-3-4-12-13(20-11)2-1-5-19-12/h3-4,6-8,19H,1-2,5H2. The van der Waals surface area contributed by atoms with Gasteiger partial charge in [-0.3, -0.25) is 9.97 Å². The molecule has 6 heteroatoms. The number of hydrogen-bond donors (Lipinski definition) is 1. The van der Waals surface area contributed by atoms with E-state index < -0.39 is 11.7 Å². The molecular weight excluding hydrogens is 267 g/mol. The van der Waals surface area contributed by atoms with Crippen LogP contribution in [0.25, 0.3) is 11.3 Å². The lowest BCUT2D eigenvalue weighted by Gasteiger charge is -2.17. The number of alkyl halides is 3. The highest BCUT2D eigenvalue weighted by atomic mass is 19.4. The Morgan fingerprint density at radius 1 is 1.15 bits per heavy atom. The Hall–Kier alpha value is -2.11. The zero-order valence-corrected chi connectivity index (χ0v) is 10.5. The second-order valence-electron chi connectivity index (χ2n) is 4.68. The molecule has 0 saturated carbocycles. The molecule has 20 heavy (non-hydrogen) atoms. The lowest BCUT2D eigenvalue weighted by atomic mass is 10.1. The van der Waals surface area contributed by atoms with Crippen molar-refractivity contribution in [3.8, 4) is 11.3 Å². The first-order valence-electron chi connectivity index (χ1n) is 6.30. The number of pyridine rings is 2. The van der Waals surface area contributed by atoms with Gasteiger partial charge in [-0.25, -0.2) is 0 Å². The van der Waals surface area contributed by atoms with Crippen molar-refractivity contribution in [3.63, 3.8) is 0 Å². The fraction of sp³-hybridized carbons (Fsp3) is 0.286. The average Bonchev–Trinajstić information content (AvgIpc) is 2.46. The number of aromatic nitrogens is 2. The molecule has 1 N–H and O–H groups in total. The SMILES string of the molecule is FC(F)(F)c1cncc(-c2ccc3c(n2)CCCN3)c1. The quantitative estimate of drug-likeness (QED) is 0.868. The van der Waals surface area contributed by atoms with Crippen LogP contribution in [-0.4, -0.2) is 16.5 Å². The molecule has 1 aliphatic rings. The van der Waals surface area contributed by atoms with Crippen molar-refractivity contribution in [2.75, 3.05) is 11.9 Å². The molecular formula is C14H12F3N3. The number of hydrogen-bond acceptors (Lipinski definition) is 3. The van der Waals surface area contributed by atoms with Gasteiger partial charge in [0.1, 0.15) is 0 Å². The highest BCUT2D eigenvalue weighted by molar-refractivity contribution is 5.63. The minimum Gasteiger partial charge on any atom is -0.384 e. The Bertz CT molecular complexity index is 638. The minimum absolute atomic E-state index is 0.383. The molecule has 1 aliphatic heterocycles. The van der Waals surface area contributed by atoms with Crippen LogP contribution in [-0.2, 0) is 12.6 Å². The number of fused-ring (bicyclic) bond motifs is 1. The van der Waals surface area contributed by atoms with Gasteiger partial charge in [0, 0.05) is 24.5 Å². The summed E-state index contributed by atoms with van der Waals surface area (Å²) < 4.78 is 38.1. The molecule has 3 rings (SSSR count). The van der Waals surface area contributed by atoms with Crippen LogP contribution in [0, 0.1) is 0 Å². The first kappa shape index (κ1) is 12.9. The van der Waals surface area contributed by atoms with E-state index in [1.54, 1.807) is 6.07 Å². The summed E-state index contributed by atoms with van der Waals surface area (Å²) in [5, 5.41) is 3.22. The molecule has 3 nitrogen and oxygen atoms in total. The van der Waals surface area contributed by atoms with Gasteiger partial charge in [0.15, 0.2) is 0 Å². The van der Waals surface area contributed by atoms with E-state index >= 15 is 0 Å². The number of rotatable bonds is 1. The number of nitrogens with zero attached hydrogens (tertiary/aromatic N) is 2. The zero-order valence-electron chi connectivity index (χ0n) is 10.5. The van der Waals surface area contributed by atoms with Crippen molar-refractivity contribution in [2.24, 2.45) is 0 Å². The highest BCUT2D eigenvalue weighted by Gasteiger charge is 2.31. The third kappa shape index (κ3) is 2.45. The number of nitrogens with one attached hydrogen (secondary N) is 1. The molecule has 0 amide bonds. The van der Waals surface area contributed by atoms with E-state index in [0.717, 1.165) is 43.0 Å². The number of anilines is 1. The van der Waals surface area contributed by atoms with Gasteiger partial charge in [0.2, 0.25) is 0 Å². The first-order chi connectivity index (χ1) is 9.54. The van der Waals surface area contributed by atoms with E-state index in [4.69, 9.17) is 0 Å². The summed E-state index contributed by atoms with van der Waals surface area (Å²) in [5.41, 5.74) is 2.00. The molecule has 3 heterocycles. The van der Waals surface area contributed by atoms with E-state index in [1.807, 2.05) is 6.07 Å². The molecule has 0 fully saturated rings. The monoisotopic (exact) mass is 279 g/mol. The van der Waals surface area contributed by atoms with Crippen molar-refractivity contribution >= 4 is 5.69 Å². The topological polar surface area (TPSA) is 37.8 Å². The van der Waals surface area contributed by atoms with Crippen LogP contribution in [0.1, 0.15) is 17.7 Å². The van der Waals surface area contributed by atoms with Gasteiger partial charge in [0.05, 0.1) is 22.6 Å². The Morgan fingerprint density at radius 2 is 2.00 bits per heavy atom. The Morgan fingerprint density at radius 3 is 2.80 bits per heavy atom. The van der Waals surface area contributed by atoms with Gasteiger partial charge in [-0.15, -0.1) is 0 Å². The molecule has 104 valence electrons.